The number of aryl methyl sites for hydroxylation is 1. The third-order valence-electron chi connectivity index (χ3n) is 2.99. The van der Waals surface area contributed by atoms with E-state index in [0.717, 1.165) is 28.3 Å². The highest BCUT2D eigenvalue weighted by atomic mass is 35.5. The van der Waals surface area contributed by atoms with Gasteiger partial charge in [0.25, 0.3) is 0 Å². The maximum Gasteiger partial charge on any atom is 0.145 e. The fraction of sp³-hybridized carbons (Fsp3) is 0.308. The zero-order valence-corrected chi connectivity index (χ0v) is 13.5. The highest BCUT2D eigenvalue weighted by Gasteiger charge is 2.11. The van der Waals surface area contributed by atoms with Crippen LogP contribution in [0.15, 0.2) is 17.0 Å². The van der Waals surface area contributed by atoms with E-state index in [4.69, 9.17) is 11.6 Å². The summed E-state index contributed by atoms with van der Waals surface area (Å²) >= 11 is 9.45. The van der Waals surface area contributed by atoms with Gasteiger partial charge in [-0.05, 0) is 25.4 Å². The number of aromatic nitrogens is 3. The zero-order chi connectivity index (χ0) is 14.1. The van der Waals surface area contributed by atoms with Gasteiger partial charge in [0.15, 0.2) is 0 Å². The monoisotopic (exact) mass is 324 g/mol. The van der Waals surface area contributed by atoms with Gasteiger partial charge in [-0.1, -0.05) is 11.6 Å². The quantitative estimate of drug-likeness (QED) is 0.686. The SMILES string of the molecule is Cc1ncsc1CN(C)Cc1nc(Cl)c2ccsc2n1. The summed E-state index contributed by atoms with van der Waals surface area (Å²) in [7, 11) is 2.05. The van der Waals surface area contributed by atoms with Gasteiger partial charge in [0.1, 0.15) is 15.8 Å². The van der Waals surface area contributed by atoms with Crippen LogP contribution in [0.1, 0.15) is 16.4 Å². The third-order valence-corrected chi connectivity index (χ3v) is 5.01. The Bertz CT molecular complexity index is 737. The first kappa shape index (κ1) is 13.9. The van der Waals surface area contributed by atoms with Gasteiger partial charge in [-0.15, -0.1) is 22.7 Å². The van der Waals surface area contributed by atoms with Crippen LogP contribution in [0.25, 0.3) is 10.2 Å². The van der Waals surface area contributed by atoms with Crippen molar-refractivity contribution in [2.24, 2.45) is 0 Å². The van der Waals surface area contributed by atoms with E-state index in [1.54, 1.807) is 22.7 Å². The lowest BCUT2D eigenvalue weighted by Crippen LogP contribution is -2.18. The standard InChI is InChI=1S/C13H13ClN4S2/c1-8-10(20-7-15-8)5-18(2)6-11-16-12(14)9-3-4-19-13(9)17-11/h3-4,7H,5-6H2,1-2H3. The van der Waals surface area contributed by atoms with Crippen molar-refractivity contribution in [2.75, 3.05) is 7.05 Å². The van der Waals surface area contributed by atoms with E-state index in [1.807, 2.05) is 23.9 Å². The second-order valence-electron chi connectivity index (χ2n) is 4.60. The Morgan fingerprint density at radius 1 is 1.25 bits per heavy atom. The molecule has 20 heavy (non-hydrogen) atoms. The number of rotatable bonds is 4. The molecule has 3 heterocycles. The van der Waals surface area contributed by atoms with Crippen molar-refractivity contribution in [1.29, 1.82) is 0 Å². The first-order chi connectivity index (χ1) is 9.63. The second-order valence-corrected chi connectivity index (χ2v) is 6.80. The molecule has 3 aromatic rings. The van der Waals surface area contributed by atoms with Gasteiger partial charge < -0.3 is 0 Å². The van der Waals surface area contributed by atoms with Gasteiger partial charge in [-0.2, -0.15) is 0 Å². The average molecular weight is 325 g/mol. The van der Waals surface area contributed by atoms with Crippen LogP contribution in [-0.4, -0.2) is 26.9 Å². The average Bonchev–Trinajstić information content (AvgIpc) is 2.99. The number of thiazole rings is 1. The summed E-state index contributed by atoms with van der Waals surface area (Å²) in [6, 6.07) is 1.95. The summed E-state index contributed by atoms with van der Waals surface area (Å²) in [5.74, 6) is 0.759. The maximum absolute atomic E-state index is 6.18. The summed E-state index contributed by atoms with van der Waals surface area (Å²) in [4.78, 5) is 17.6. The smallest absolute Gasteiger partial charge is 0.145 e. The van der Waals surface area contributed by atoms with Crippen LogP contribution in [0.5, 0.6) is 0 Å². The molecule has 0 radical (unpaired) electrons. The van der Waals surface area contributed by atoms with E-state index >= 15 is 0 Å². The van der Waals surface area contributed by atoms with Gasteiger partial charge in [-0.25, -0.2) is 15.0 Å². The van der Waals surface area contributed by atoms with E-state index in [0.29, 0.717) is 11.7 Å². The zero-order valence-electron chi connectivity index (χ0n) is 11.1. The summed E-state index contributed by atoms with van der Waals surface area (Å²) in [5, 5.41) is 3.45. The summed E-state index contributed by atoms with van der Waals surface area (Å²) in [5.41, 5.74) is 2.97. The Hall–Kier alpha value is -1.08. The molecule has 3 rings (SSSR count). The molecule has 4 nitrogen and oxygen atoms in total. The van der Waals surface area contributed by atoms with E-state index in [-0.39, 0.29) is 0 Å². The molecule has 104 valence electrons. The molecule has 0 saturated heterocycles. The molecule has 0 aliphatic carbocycles. The molecule has 3 aromatic heterocycles. The Morgan fingerprint density at radius 2 is 2.10 bits per heavy atom. The molecule has 0 unspecified atom stereocenters. The van der Waals surface area contributed by atoms with Crippen LogP contribution in [0.4, 0.5) is 0 Å². The second kappa shape index (κ2) is 5.73. The summed E-state index contributed by atoms with van der Waals surface area (Å²) in [6.07, 6.45) is 0. The van der Waals surface area contributed by atoms with E-state index in [9.17, 15) is 0 Å². The number of hydrogen-bond donors (Lipinski definition) is 0. The normalized spacial score (nSPS) is 11.6. The van der Waals surface area contributed by atoms with Crippen molar-refractivity contribution in [3.8, 4) is 0 Å². The molecule has 7 heteroatoms. The van der Waals surface area contributed by atoms with Crippen molar-refractivity contribution >= 4 is 44.5 Å². The van der Waals surface area contributed by atoms with Gasteiger partial charge in [0.05, 0.1) is 17.7 Å². The van der Waals surface area contributed by atoms with Gasteiger partial charge >= 0.3 is 0 Å². The number of hydrogen-bond acceptors (Lipinski definition) is 6. The third kappa shape index (κ3) is 2.83. The number of nitrogens with zero attached hydrogens (tertiary/aromatic N) is 4. The molecule has 0 saturated carbocycles. The highest BCUT2D eigenvalue weighted by Crippen LogP contribution is 2.25. The van der Waals surface area contributed by atoms with Crippen LogP contribution in [0.2, 0.25) is 5.15 Å². The Labute approximate surface area is 130 Å². The maximum atomic E-state index is 6.18. The van der Waals surface area contributed by atoms with Crippen molar-refractivity contribution in [3.05, 3.63) is 38.5 Å². The molecule has 0 bridgehead atoms. The Kier molecular flexibility index (Phi) is 3.98. The molecule has 0 N–H and O–H groups in total. The van der Waals surface area contributed by atoms with Gasteiger partial charge in [-0.3, -0.25) is 4.90 Å². The van der Waals surface area contributed by atoms with Crippen LogP contribution in [0, 0.1) is 6.92 Å². The minimum atomic E-state index is 0.536. The fourth-order valence-corrected chi connectivity index (χ4v) is 3.90. The van der Waals surface area contributed by atoms with E-state index in [2.05, 4.69) is 26.9 Å². The number of fused-ring (bicyclic) bond motifs is 1. The van der Waals surface area contributed by atoms with E-state index in [1.165, 1.54) is 4.88 Å². The lowest BCUT2D eigenvalue weighted by molar-refractivity contribution is 0.313. The van der Waals surface area contributed by atoms with Crippen LogP contribution in [-0.2, 0) is 13.1 Å². The molecular formula is C13H13ClN4S2. The lowest BCUT2D eigenvalue weighted by atomic mass is 10.3. The molecular weight excluding hydrogens is 312 g/mol. The molecule has 0 spiro atoms. The predicted octanol–water partition coefficient (Wildman–Crippen LogP) is 3.74. The van der Waals surface area contributed by atoms with Crippen LogP contribution in [0.3, 0.4) is 0 Å². The summed E-state index contributed by atoms with van der Waals surface area (Å²) in [6.45, 7) is 3.55. The predicted molar refractivity (Wildman–Crippen MR) is 84.4 cm³/mol. The first-order valence-electron chi connectivity index (χ1n) is 6.10. The first-order valence-corrected chi connectivity index (χ1v) is 8.24. The van der Waals surface area contributed by atoms with Gasteiger partial charge in [0, 0.05) is 16.8 Å². The van der Waals surface area contributed by atoms with Crippen molar-refractivity contribution in [1.82, 2.24) is 19.9 Å². The molecule has 0 amide bonds. The number of thiophene rings is 1. The summed E-state index contributed by atoms with van der Waals surface area (Å²) < 4.78 is 0. The number of halogens is 1. The highest BCUT2D eigenvalue weighted by molar-refractivity contribution is 7.16. The van der Waals surface area contributed by atoms with Gasteiger partial charge in [0.2, 0.25) is 0 Å². The van der Waals surface area contributed by atoms with Crippen LogP contribution < -0.4 is 0 Å². The fourth-order valence-electron chi connectivity index (χ4n) is 1.95. The minimum absolute atomic E-state index is 0.536. The topological polar surface area (TPSA) is 41.9 Å². The molecule has 0 atom stereocenters. The van der Waals surface area contributed by atoms with E-state index < -0.39 is 0 Å². The lowest BCUT2D eigenvalue weighted by Gasteiger charge is -2.15. The Balaban J connectivity index is 1.77. The molecule has 0 aliphatic rings. The van der Waals surface area contributed by atoms with Crippen molar-refractivity contribution < 1.29 is 0 Å². The van der Waals surface area contributed by atoms with Crippen molar-refractivity contribution in [3.63, 3.8) is 0 Å². The van der Waals surface area contributed by atoms with Crippen molar-refractivity contribution in [2.45, 2.75) is 20.0 Å². The molecule has 0 aliphatic heterocycles. The van der Waals surface area contributed by atoms with Crippen LogP contribution >= 0.6 is 34.3 Å². The Morgan fingerprint density at radius 3 is 2.85 bits per heavy atom. The largest absolute Gasteiger partial charge is 0.294 e. The molecule has 0 aromatic carbocycles. The minimum Gasteiger partial charge on any atom is -0.294 e. The molecule has 0 fully saturated rings.